The normalized spacial score (nSPS) is 17.5. The van der Waals surface area contributed by atoms with Crippen molar-refractivity contribution in [3.8, 4) is 5.75 Å². The summed E-state index contributed by atoms with van der Waals surface area (Å²) in [6, 6.07) is 4.60. The molecule has 2 aliphatic rings. The van der Waals surface area contributed by atoms with Gasteiger partial charge in [0, 0.05) is 31.4 Å². The third kappa shape index (κ3) is 4.17. The van der Waals surface area contributed by atoms with E-state index in [-0.39, 0.29) is 42.5 Å². The van der Waals surface area contributed by atoms with Crippen LogP contribution in [0.15, 0.2) is 29.2 Å². The second kappa shape index (κ2) is 9.21. The Morgan fingerprint density at radius 1 is 1.27 bits per heavy atom. The van der Waals surface area contributed by atoms with E-state index in [1.165, 1.54) is 21.8 Å². The third-order valence-corrected chi connectivity index (χ3v) is 6.13. The van der Waals surface area contributed by atoms with Crippen molar-refractivity contribution >= 4 is 11.8 Å². The summed E-state index contributed by atoms with van der Waals surface area (Å²) >= 11 is 0. The van der Waals surface area contributed by atoms with Crippen LogP contribution in [0.3, 0.4) is 0 Å². The van der Waals surface area contributed by atoms with E-state index < -0.39 is 35.5 Å². The van der Waals surface area contributed by atoms with E-state index in [4.69, 9.17) is 0 Å². The standard InChI is InChI=1S/C23H26F2N4O4/c1-14-6-7-15(17(25)11-14)12-26-22(32)16-13-29-19(21(31)20(16)30)23(33)27(9-4-8-24)18-5-2-3-10-28(18)29/h6-7,11,13,18,31H,2-5,8-10,12H2,1H3,(H,26,32)/t18-/m0/s1. The van der Waals surface area contributed by atoms with E-state index in [1.807, 2.05) is 5.01 Å². The first kappa shape index (κ1) is 22.8. The number of amides is 2. The maximum absolute atomic E-state index is 14.1. The fraction of sp³-hybridized carbons (Fsp3) is 0.435. The lowest BCUT2D eigenvalue weighted by Gasteiger charge is -2.49. The lowest BCUT2D eigenvalue weighted by Crippen LogP contribution is -2.63. The largest absolute Gasteiger partial charge is 0.502 e. The molecular formula is C23H26F2N4O4. The number of hydrogen-bond donors (Lipinski definition) is 2. The highest BCUT2D eigenvalue weighted by Crippen LogP contribution is 2.29. The van der Waals surface area contributed by atoms with Gasteiger partial charge in [-0.2, -0.15) is 0 Å². The molecule has 2 N–H and O–H groups in total. The van der Waals surface area contributed by atoms with Crippen molar-refractivity contribution in [3.63, 3.8) is 0 Å². The summed E-state index contributed by atoms with van der Waals surface area (Å²) in [6.45, 7) is 1.71. The maximum Gasteiger partial charge on any atom is 0.278 e. The highest BCUT2D eigenvalue weighted by molar-refractivity contribution is 5.99. The SMILES string of the molecule is Cc1ccc(CNC(=O)c2cn3c(c(O)c2=O)C(=O)N(CCCF)[C@@H]2CCCCN23)c(F)c1. The average molecular weight is 460 g/mol. The van der Waals surface area contributed by atoms with Crippen LogP contribution in [-0.2, 0) is 6.54 Å². The molecule has 3 heterocycles. The second-order valence-electron chi connectivity index (χ2n) is 8.37. The maximum atomic E-state index is 14.1. The van der Waals surface area contributed by atoms with Crippen LogP contribution in [0, 0.1) is 12.7 Å². The minimum atomic E-state index is -0.989. The fourth-order valence-corrected chi connectivity index (χ4v) is 4.44. The van der Waals surface area contributed by atoms with Crippen molar-refractivity contribution in [2.24, 2.45) is 0 Å². The number of pyridine rings is 1. The zero-order valence-corrected chi connectivity index (χ0v) is 18.3. The van der Waals surface area contributed by atoms with E-state index >= 15 is 0 Å². The van der Waals surface area contributed by atoms with Crippen LogP contribution >= 0.6 is 0 Å². The van der Waals surface area contributed by atoms with Crippen molar-refractivity contribution in [1.29, 1.82) is 0 Å². The summed E-state index contributed by atoms with van der Waals surface area (Å²) in [5.41, 5.74) is -0.582. The van der Waals surface area contributed by atoms with Crippen molar-refractivity contribution in [1.82, 2.24) is 14.9 Å². The molecule has 8 nitrogen and oxygen atoms in total. The number of nitrogens with one attached hydrogen (secondary N) is 1. The monoisotopic (exact) mass is 460 g/mol. The lowest BCUT2D eigenvalue weighted by atomic mass is 10.0. The van der Waals surface area contributed by atoms with Gasteiger partial charge in [-0.25, -0.2) is 4.39 Å². The van der Waals surface area contributed by atoms with Crippen molar-refractivity contribution < 1.29 is 23.5 Å². The van der Waals surface area contributed by atoms with Crippen LogP contribution in [0.25, 0.3) is 0 Å². The van der Waals surface area contributed by atoms with Crippen LogP contribution in [-0.4, -0.2) is 52.4 Å². The molecule has 10 heteroatoms. The number of piperidine rings is 1. The number of fused-ring (bicyclic) bond motifs is 3. The van der Waals surface area contributed by atoms with Crippen LogP contribution in [0.1, 0.15) is 57.7 Å². The summed E-state index contributed by atoms with van der Waals surface area (Å²) < 4.78 is 28.3. The quantitative estimate of drug-likeness (QED) is 0.689. The molecule has 1 atom stereocenters. The molecule has 1 fully saturated rings. The molecule has 0 bridgehead atoms. The Balaban J connectivity index is 1.67. The number of aromatic nitrogens is 1. The summed E-state index contributed by atoms with van der Waals surface area (Å²) in [5.74, 6) is -2.67. The predicted octanol–water partition coefficient (Wildman–Crippen LogP) is 2.19. The smallest absolute Gasteiger partial charge is 0.278 e. The molecule has 1 aromatic heterocycles. The minimum absolute atomic E-state index is 0.144. The molecule has 4 rings (SSSR count). The van der Waals surface area contributed by atoms with Gasteiger partial charge in [0.2, 0.25) is 5.43 Å². The van der Waals surface area contributed by atoms with E-state index in [1.54, 1.807) is 19.1 Å². The number of aryl methyl sites for hydroxylation is 1. The molecule has 1 saturated heterocycles. The third-order valence-electron chi connectivity index (χ3n) is 6.13. The number of nitrogens with zero attached hydrogens (tertiary/aromatic N) is 3. The van der Waals surface area contributed by atoms with Gasteiger partial charge in [0.25, 0.3) is 11.8 Å². The zero-order chi connectivity index (χ0) is 23.7. The minimum Gasteiger partial charge on any atom is -0.502 e. The van der Waals surface area contributed by atoms with Gasteiger partial charge < -0.3 is 15.3 Å². The van der Waals surface area contributed by atoms with E-state index in [9.17, 15) is 28.3 Å². The molecule has 2 aromatic rings. The highest BCUT2D eigenvalue weighted by Gasteiger charge is 2.41. The highest BCUT2D eigenvalue weighted by atomic mass is 19.1. The van der Waals surface area contributed by atoms with Gasteiger partial charge >= 0.3 is 0 Å². The predicted molar refractivity (Wildman–Crippen MR) is 117 cm³/mol. The Hall–Kier alpha value is -3.43. The van der Waals surface area contributed by atoms with Gasteiger partial charge in [-0.3, -0.25) is 28.5 Å². The van der Waals surface area contributed by atoms with Gasteiger partial charge in [0.05, 0.1) is 6.67 Å². The van der Waals surface area contributed by atoms with Crippen LogP contribution < -0.4 is 15.8 Å². The number of rotatable bonds is 6. The summed E-state index contributed by atoms with van der Waals surface area (Å²) in [6.07, 6.45) is 3.39. The molecule has 2 amide bonds. The van der Waals surface area contributed by atoms with E-state index in [0.29, 0.717) is 13.0 Å². The number of halogens is 2. The number of carbonyl (C=O) groups is 2. The zero-order valence-electron chi connectivity index (χ0n) is 18.3. The Labute approximate surface area is 189 Å². The average Bonchev–Trinajstić information content (AvgIpc) is 2.80. The summed E-state index contributed by atoms with van der Waals surface area (Å²) in [7, 11) is 0. The lowest BCUT2D eigenvalue weighted by molar-refractivity contribution is 0.0510. The van der Waals surface area contributed by atoms with Crippen molar-refractivity contribution in [3.05, 3.63) is 62.8 Å². The molecule has 176 valence electrons. The fourth-order valence-electron chi connectivity index (χ4n) is 4.44. The molecular weight excluding hydrogens is 434 g/mol. The van der Waals surface area contributed by atoms with E-state index in [0.717, 1.165) is 18.4 Å². The van der Waals surface area contributed by atoms with Crippen LogP contribution in [0.2, 0.25) is 0 Å². The first-order valence-electron chi connectivity index (χ1n) is 11.0. The molecule has 0 radical (unpaired) electrons. The second-order valence-corrected chi connectivity index (χ2v) is 8.37. The number of aromatic hydroxyl groups is 1. The summed E-state index contributed by atoms with van der Waals surface area (Å²) in [4.78, 5) is 40.2. The van der Waals surface area contributed by atoms with Gasteiger partial charge in [-0.1, -0.05) is 12.1 Å². The van der Waals surface area contributed by atoms with Crippen molar-refractivity contribution in [2.75, 3.05) is 24.8 Å². The molecule has 2 aliphatic heterocycles. The summed E-state index contributed by atoms with van der Waals surface area (Å²) in [5, 5.41) is 14.9. The Bertz CT molecular complexity index is 1150. The first-order chi connectivity index (χ1) is 15.8. The van der Waals surface area contributed by atoms with Crippen LogP contribution in [0.4, 0.5) is 8.78 Å². The van der Waals surface area contributed by atoms with Gasteiger partial charge in [-0.05, 0) is 44.2 Å². The number of hydrogen-bond acceptors (Lipinski definition) is 5. The molecule has 0 aliphatic carbocycles. The number of alkyl halides is 1. The topological polar surface area (TPSA) is 94.9 Å². The molecule has 33 heavy (non-hydrogen) atoms. The first-order valence-corrected chi connectivity index (χ1v) is 11.0. The van der Waals surface area contributed by atoms with E-state index in [2.05, 4.69) is 5.32 Å². The Morgan fingerprint density at radius 3 is 2.79 bits per heavy atom. The van der Waals surface area contributed by atoms with Crippen LogP contribution in [0.5, 0.6) is 5.75 Å². The molecule has 0 saturated carbocycles. The Morgan fingerprint density at radius 2 is 2.06 bits per heavy atom. The van der Waals surface area contributed by atoms with Gasteiger partial charge in [0.15, 0.2) is 11.4 Å². The molecule has 0 unspecified atom stereocenters. The van der Waals surface area contributed by atoms with Crippen molar-refractivity contribution in [2.45, 2.75) is 45.3 Å². The molecule has 0 spiro atoms. The number of carbonyl (C=O) groups excluding carboxylic acids is 2. The Kier molecular flexibility index (Phi) is 6.35. The van der Waals surface area contributed by atoms with Gasteiger partial charge in [0.1, 0.15) is 17.5 Å². The van der Waals surface area contributed by atoms with Gasteiger partial charge in [-0.15, -0.1) is 0 Å². The number of benzene rings is 1. The molecule has 1 aromatic carbocycles.